The molecular weight excluding hydrogens is 494 g/mol. The Balaban J connectivity index is 1.84. The molecule has 0 radical (unpaired) electrons. The van der Waals surface area contributed by atoms with Gasteiger partial charge in [-0.15, -0.1) is 5.10 Å². The van der Waals surface area contributed by atoms with E-state index < -0.39 is 11.6 Å². The summed E-state index contributed by atoms with van der Waals surface area (Å²) in [6.07, 6.45) is 0. The van der Waals surface area contributed by atoms with Crippen molar-refractivity contribution in [1.29, 1.82) is 0 Å². The van der Waals surface area contributed by atoms with Gasteiger partial charge in [-0.05, 0) is 51.5 Å². The van der Waals surface area contributed by atoms with E-state index in [0.29, 0.717) is 22.6 Å². The van der Waals surface area contributed by atoms with E-state index in [4.69, 9.17) is 9.47 Å². The molecule has 4 aromatic rings. The van der Waals surface area contributed by atoms with Gasteiger partial charge in [0, 0.05) is 17.6 Å². The second kappa shape index (κ2) is 11.6. The van der Waals surface area contributed by atoms with Gasteiger partial charge in [0.1, 0.15) is 18.1 Å². The van der Waals surface area contributed by atoms with Crippen LogP contribution in [0.3, 0.4) is 0 Å². The number of carbonyl (C=O) groups is 2. The van der Waals surface area contributed by atoms with Crippen LogP contribution in [0.2, 0.25) is 0 Å². The number of aromatic nitrogens is 3. The first-order valence-corrected chi connectivity index (χ1v) is 12.8. The number of amides is 2. The summed E-state index contributed by atoms with van der Waals surface area (Å²) in [5, 5.41) is 11.5. The lowest BCUT2D eigenvalue weighted by atomic mass is 9.99. The van der Waals surface area contributed by atoms with E-state index in [1.807, 2.05) is 76.2 Å². The molecule has 1 aromatic heterocycles. The fourth-order valence-electron chi connectivity index (χ4n) is 4.48. The molecule has 0 saturated heterocycles. The molecule has 0 bridgehead atoms. The van der Waals surface area contributed by atoms with Gasteiger partial charge in [0.05, 0.1) is 19.7 Å². The Morgan fingerprint density at radius 1 is 0.974 bits per heavy atom. The third-order valence-corrected chi connectivity index (χ3v) is 6.29. The van der Waals surface area contributed by atoms with Gasteiger partial charge < -0.3 is 19.7 Å². The van der Waals surface area contributed by atoms with Crippen molar-refractivity contribution in [2.24, 2.45) is 0 Å². The lowest BCUT2D eigenvalue weighted by Crippen LogP contribution is -2.49. The second-order valence-corrected chi connectivity index (χ2v) is 10.5. The van der Waals surface area contributed by atoms with Gasteiger partial charge in [-0.2, -0.15) is 0 Å². The Kier molecular flexibility index (Phi) is 8.18. The van der Waals surface area contributed by atoms with Gasteiger partial charge in [-0.3, -0.25) is 9.59 Å². The van der Waals surface area contributed by atoms with E-state index in [1.165, 1.54) is 14.2 Å². The molecule has 4 rings (SSSR count). The van der Waals surface area contributed by atoms with Crippen LogP contribution in [0.5, 0.6) is 11.5 Å². The summed E-state index contributed by atoms with van der Waals surface area (Å²) in [5.74, 6) is 0.221. The summed E-state index contributed by atoms with van der Waals surface area (Å²) in [6, 6.07) is 19.7. The molecule has 0 aliphatic carbocycles. The topological polar surface area (TPSA) is 98.6 Å². The van der Waals surface area contributed by atoms with Gasteiger partial charge in [0.2, 0.25) is 11.8 Å². The number of rotatable bonds is 9. The van der Waals surface area contributed by atoms with Crippen LogP contribution < -0.4 is 14.8 Å². The van der Waals surface area contributed by atoms with E-state index >= 15 is 0 Å². The first kappa shape index (κ1) is 27.6. The highest BCUT2D eigenvalue weighted by Crippen LogP contribution is 2.38. The molecule has 9 heteroatoms. The van der Waals surface area contributed by atoms with Crippen molar-refractivity contribution in [3.63, 3.8) is 0 Å². The van der Waals surface area contributed by atoms with Crippen molar-refractivity contribution in [3.05, 3.63) is 83.4 Å². The molecule has 1 heterocycles. The fraction of sp³-hybridized carbons (Fsp3) is 0.333. The van der Waals surface area contributed by atoms with Crippen LogP contribution in [0.4, 0.5) is 0 Å². The molecule has 0 saturated carbocycles. The van der Waals surface area contributed by atoms with Crippen molar-refractivity contribution in [2.75, 3.05) is 14.2 Å². The van der Waals surface area contributed by atoms with Gasteiger partial charge >= 0.3 is 0 Å². The van der Waals surface area contributed by atoms with Crippen LogP contribution in [-0.4, -0.2) is 51.5 Å². The maximum Gasteiger partial charge on any atom is 0.248 e. The Labute approximate surface area is 228 Å². The van der Waals surface area contributed by atoms with Crippen molar-refractivity contribution in [1.82, 2.24) is 25.2 Å². The predicted octanol–water partition coefficient (Wildman–Crippen LogP) is 4.44. The summed E-state index contributed by atoms with van der Waals surface area (Å²) in [5.41, 5.74) is 3.38. The van der Waals surface area contributed by atoms with Crippen molar-refractivity contribution in [3.8, 4) is 11.5 Å². The molecule has 1 N–H and O–H groups in total. The number of aryl methyl sites for hydroxylation is 1. The molecule has 0 aliphatic rings. The normalized spacial score (nSPS) is 12.2. The monoisotopic (exact) mass is 529 g/mol. The number of hydrogen-bond donors (Lipinski definition) is 1. The van der Waals surface area contributed by atoms with Crippen molar-refractivity contribution >= 4 is 22.8 Å². The fourth-order valence-corrected chi connectivity index (χ4v) is 4.48. The van der Waals surface area contributed by atoms with E-state index in [9.17, 15) is 9.59 Å². The number of ether oxygens (including phenoxy) is 2. The minimum absolute atomic E-state index is 0.0992. The van der Waals surface area contributed by atoms with Crippen LogP contribution in [0.15, 0.2) is 66.7 Å². The van der Waals surface area contributed by atoms with Crippen LogP contribution in [0.25, 0.3) is 11.0 Å². The predicted molar refractivity (Wildman–Crippen MR) is 149 cm³/mol. The Morgan fingerprint density at radius 2 is 1.69 bits per heavy atom. The maximum absolute atomic E-state index is 14.1. The van der Waals surface area contributed by atoms with E-state index in [0.717, 1.165) is 16.6 Å². The smallest absolute Gasteiger partial charge is 0.248 e. The van der Waals surface area contributed by atoms with Crippen LogP contribution in [0, 0.1) is 6.92 Å². The SMILES string of the molecule is COc1cccc([C@H](C(=O)NC(C)(C)C)N(Cc2ccc(C)cc2)C(=O)Cn2nnc3ccccc32)c1OC. The zero-order valence-corrected chi connectivity index (χ0v) is 23.3. The number of carbonyl (C=O) groups excluding carboxylic acids is 2. The van der Waals surface area contributed by atoms with Gasteiger partial charge in [0.25, 0.3) is 0 Å². The molecule has 2 amide bonds. The first-order chi connectivity index (χ1) is 18.6. The number of nitrogens with zero attached hydrogens (tertiary/aromatic N) is 4. The summed E-state index contributed by atoms with van der Waals surface area (Å²) in [7, 11) is 3.06. The highest BCUT2D eigenvalue weighted by molar-refractivity contribution is 5.90. The highest BCUT2D eigenvalue weighted by Gasteiger charge is 2.36. The number of fused-ring (bicyclic) bond motifs is 1. The van der Waals surface area contributed by atoms with Crippen LogP contribution >= 0.6 is 0 Å². The molecule has 0 aliphatic heterocycles. The van der Waals surface area contributed by atoms with Crippen molar-refractivity contribution < 1.29 is 19.1 Å². The molecule has 3 aromatic carbocycles. The molecular formula is C30H35N5O4. The maximum atomic E-state index is 14.1. The molecule has 1 atom stereocenters. The number of hydrogen-bond acceptors (Lipinski definition) is 6. The molecule has 39 heavy (non-hydrogen) atoms. The molecule has 0 unspecified atom stereocenters. The van der Waals surface area contributed by atoms with Crippen LogP contribution in [-0.2, 0) is 22.7 Å². The molecule has 9 nitrogen and oxygen atoms in total. The first-order valence-electron chi connectivity index (χ1n) is 12.8. The average Bonchev–Trinajstić information content (AvgIpc) is 3.30. The minimum atomic E-state index is -1.02. The number of benzene rings is 3. The van der Waals surface area contributed by atoms with E-state index in [-0.39, 0.29) is 24.9 Å². The standard InChI is InChI=1S/C30H35N5O4/c1-20-14-16-21(17-15-20)18-34(26(36)19-35-24-12-8-7-11-23(24)32-33-35)27(29(37)31-30(2,3)4)22-10-9-13-25(38-5)28(22)39-6/h7-17,27H,18-19H2,1-6H3,(H,31,37)/t27-/m1/s1. The van der Waals surface area contributed by atoms with Crippen LogP contribution in [0.1, 0.15) is 43.5 Å². The summed E-state index contributed by atoms with van der Waals surface area (Å²) < 4.78 is 12.8. The zero-order valence-electron chi connectivity index (χ0n) is 23.3. The lowest BCUT2D eigenvalue weighted by Gasteiger charge is -2.34. The largest absolute Gasteiger partial charge is 0.493 e. The number of para-hydroxylation sites is 2. The Bertz CT molecular complexity index is 1460. The number of methoxy groups -OCH3 is 2. The van der Waals surface area contributed by atoms with Gasteiger partial charge in [-0.1, -0.05) is 59.3 Å². The molecule has 0 fully saturated rings. The Morgan fingerprint density at radius 3 is 2.36 bits per heavy atom. The van der Waals surface area contributed by atoms with Gasteiger partial charge in [0.15, 0.2) is 11.5 Å². The van der Waals surface area contributed by atoms with Gasteiger partial charge in [-0.25, -0.2) is 4.68 Å². The van der Waals surface area contributed by atoms with E-state index in [1.54, 1.807) is 27.8 Å². The van der Waals surface area contributed by atoms with E-state index in [2.05, 4.69) is 15.6 Å². The van der Waals surface area contributed by atoms with Crippen molar-refractivity contribution in [2.45, 2.75) is 52.4 Å². The molecule has 0 spiro atoms. The minimum Gasteiger partial charge on any atom is -0.493 e. The third kappa shape index (κ3) is 6.37. The second-order valence-electron chi connectivity index (χ2n) is 10.5. The summed E-state index contributed by atoms with van der Waals surface area (Å²) in [4.78, 5) is 29.7. The third-order valence-electron chi connectivity index (χ3n) is 6.29. The molecule has 204 valence electrons. The highest BCUT2D eigenvalue weighted by atomic mass is 16.5. The number of nitrogens with one attached hydrogen (secondary N) is 1. The average molecular weight is 530 g/mol. The summed E-state index contributed by atoms with van der Waals surface area (Å²) >= 11 is 0. The summed E-state index contributed by atoms with van der Waals surface area (Å²) in [6.45, 7) is 7.80. The zero-order chi connectivity index (χ0) is 28.2. The quantitative estimate of drug-likeness (QED) is 0.344. The lowest BCUT2D eigenvalue weighted by molar-refractivity contribution is -0.142. The Hall–Kier alpha value is -4.40.